The lowest BCUT2D eigenvalue weighted by Crippen LogP contribution is -2.36. The number of alkyl halides is 2. The van der Waals surface area contributed by atoms with Gasteiger partial charge >= 0.3 is 6.61 Å². The lowest BCUT2D eigenvalue weighted by atomic mass is 9.95. The molecule has 1 aromatic carbocycles. The van der Waals surface area contributed by atoms with E-state index in [2.05, 4.69) is 4.74 Å². The Kier molecular flexibility index (Phi) is 3.77. The highest BCUT2D eigenvalue weighted by Gasteiger charge is 2.37. The van der Waals surface area contributed by atoms with Gasteiger partial charge in [-0.15, -0.1) is 0 Å². The molecule has 0 aliphatic carbocycles. The van der Waals surface area contributed by atoms with Gasteiger partial charge in [-0.2, -0.15) is 8.78 Å². The van der Waals surface area contributed by atoms with Crippen molar-refractivity contribution in [2.75, 3.05) is 0 Å². The summed E-state index contributed by atoms with van der Waals surface area (Å²) in [5.41, 5.74) is 0.334. The fourth-order valence-electron chi connectivity index (χ4n) is 1.35. The minimum absolute atomic E-state index is 0.334. The summed E-state index contributed by atoms with van der Waals surface area (Å²) in [4.78, 5) is 0. The van der Waals surface area contributed by atoms with Crippen LogP contribution < -0.4 is 0 Å². The molecule has 0 fully saturated rings. The molecule has 1 N–H and O–H groups in total. The van der Waals surface area contributed by atoms with Crippen molar-refractivity contribution < 1.29 is 18.6 Å². The van der Waals surface area contributed by atoms with Crippen molar-refractivity contribution >= 4 is 0 Å². The summed E-state index contributed by atoms with van der Waals surface area (Å²) in [5, 5.41) is 10.0. The smallest absolute Gasteiger partial charge is 0.347 e. The molecule has 0 bridgehead atoms. The number of halogens is 2. The summed E-state index contributed by atoms with van der Waals surface area (Å²) >= 11 is 0. The number of ether oxygens (including phenoxy) is 1. The van der Waals surface area contributed by atoms with Gasteiger partial charge in [-0.25, -0.2) is 0 Å². The summed E-state index contributed by atoms with van der Waals surface area (Å²) in [6.07, 6.45) is 0. The molecule has 0 spiro atoms. The van der Waals surface area contributed by atoms with Crippen LogP contribution in [0, 0.1) is 5.92 Å². The topological polar surface area (TPSA) is 29.5 Å². The molecule has 0 radical (unpaired) electrons. The summed E-state index contributed by atoms with van der Waals surface area (Å²) in [7, 11) is 0. The molecule has 0 amide bonds. The van der Waals surface area contributed by atoms with Gasteiger partial charge in [0.15, 0.2) is 0 Å². The van der Waals surface area contributed by atoms with E-state index < -0.39 is 18.3 Å². The van der Waals surface area contributed by atoms with Crippen molar-refractivity contribution in [1.82, 2.24) is 0 Å². The van der Waals surface area contributed by atoms with E-state index in [0.717, 1.165) is 0 Å². The predicted molar refractivity (Wildman–Crippen MR) is 52.3 cm³/mol. The molecule has 0 saturated heterocycles. The van der Waals surface area contributed by atoms with Crippen LogP contribution in [0.3, 0.4) is 0 Å². The molecule has 1 atom stereocenters. The average molecular weight is 216 g/mol. The largest absolute Gasteiger partial charge is 0.361 e. The normalized spacial score (nSPS) is 15.7. The molecule has 1 aromatic rings. The molecule has 2 nitrogen and oxygen atoms in total. The molecule has 84 valence electrons. The van der Waals surface area contributed by atoms with Crippen LogP contribution in [0.1, 0.15) is 19.4 Å². The second kappa shape index (κ2) is 4.68. The maximum absolute atomic E-state index is 12.2. The van der Waals surface area contributed by atoms with Crippen molar-refractivity contribution in [2.45, 2.75) is 26.2 Å². The van der Waals surface area contributed by atoms with Crippen LogP contribution >= 0.6 is 0 Å². The fraction of sp³-hybridized carbons (Fsp3) is 0.455. The van der Waals surface area contributed by atoms with E-state index in [1.165, 1.54) is 0 Å². The Bertz CT molecular complexity index is 301. The third-order valence-corrected chi connectivity index (χ3v) is 2.24. The highest BCUT2D eigenvalue weighted by molar-refractivity contribution is 5.20. The molecule has 0 heterocycles. The van der Waals surface area contributed by atoms with E-state index in [1.54, 1.807) is 44.2 Å². The van der Waals surface area contributed by atoms with Gasteiger partial charge in [0.05, 0.1) is 0 Å². The first kappa shape index (κ1) is 12.1. The molecule has 1 unspecified atom stereocenters. The van der Waals surface area contributed by atoms with E-state index in [0.29, 0.717) is 5.56 Å². The Balaban J connectivity index is 3.02. The standard InChI is InChI=1S/C11H14F2O2/c1-8(2)11(14,15-10(12)13)9-6-4-3-5-7-9/h3-8,10,14H,1-2H3. The second-order valence-electron chi connectivity index (χ2n) is 3.60. The molecule has 4 heteroatoms. The number of benzene rings is 1. The molecule has 0 aromatic heterocycles. The first-order valence-corrected chi connectivity index (χ1v) is 4.70. The predicted octanol–water partition coefficient (Wildman–Crippen LogP) is 2.73. The molecule has 0 saturated carbocycles. The summed E-state index contributed by atoms with van der Waals surface area (Å²) in [5.74, 6) is -2.40. The van der Waals surface area contributed by atoms with E-state index in [-0.39, 0.29) is 0 Å². The summed E-state index contributed by atoms with van der Waals surface area (Å²) < 4.78 is 28.7. The maximum Gasteiger partial charge on any atom is 0.347 e. The zero-order valence-corrected chi connectivity index (χ0v) is 8.65. The van der Waals surface area contributed by atoms with E-state index in [4.69, 9.17) is 0 Å². The fourth-order valence-corrected chi connectivity index (χ4v) is 1.35. The van der Waals surface area contributed by atoms with E-state index in [9.17, 15) is 13.9 Å². The third-order valence-electron chi connectivity index (χ3n) is 2.24. The van der Waals surface area contributed by atoms with Gasteiger partial charge in [-0.3, -0.25) is 4.74 Å². The lowest BCUT2D eigenvalue weighted by molar-refractivity contribution is -0.320. The summed E-state index contributed by atoms with van der Waals surface area (Å²) in [6, 6.07) is 8.19. The molecule has 0 aliphatic rings. The van der Waals surface area contributed by atoms with Gasteiger partial charge in [-0.1, -0.05) is 44.2 Å². The Morgan fingerprint density at radius 1 is 1.20 bits per heavy atom. The molecular formula is C11H14F2O2. The van der Waals surface area contributed by atoms with Gasteiger partial charge in [0.2, 0.25) is 5.79 Å². The van der Waals surface area contributed by atoms with Crippen LogP contribution in [-0.2, 0) is 10.5 Å². The van der Waals surface area contributed by atoms with Gasteiger partial charge in [-0.05, 0) is 0 Å². The van der Waals surface area contributed by atoms with Crippen molar-refractivity contribution in [3.8, 4) is 0 Å². The zero-order chi connectivity index (χ0) is 11.5. The SMILES string of the molecule is CC(C)C(O)(OC(F)F)c1ccccc1. The Morgan fingerprint density at radius 3 is 2.13 bits per heavy atom. The number of hydrogen-bond acceptors (Lipinski definition) is 2. The molecule has 1 rings (SSSR count). The van der Waals surface area contributed by atoms with E-state index in [1.807, 2.05) is 0 Å². The van der Waals surface area contributed by atoms with Crippen molar-refractivity contribution in [2.24, 2.45) is 5.92 Å². The van der Waals surface area contributed by atoms with Gasteiger partial charge in [0.1, 0.15) is 0 Å². The lowest BCUT2D eigenvalue weighted by Gasteiger charge is -2.31. The summed E-state index contributed by atoms with van der Waals surface area (Å²) in [6.45, 7) is 0.239. The molecule has 15 heavy (non-hydrogen) atoms. The van der Waals surface area contributed by atoms with E-state index >= 15 is 0 Å². The van der Waals surface area contributed by atoms with Crippen LogP contribution in [0.5, 0.6) is 0 Å². The van der Waals surface area contributed by atoms with Crippen LogP contribution in [0.4, 0.5) is 8.78 Å². The Morgan fingerprint density at radius 2 is 1.73 bits per heavy atom. The van der Waals surface area contributed by atoms with Gasteiger partial charge in [0, 0.05) is 11.5 Å². The van der Waals surface area contributed by atoms with Gasteiger partial charge < -0.3 is 5.11 Å². The minimum atomic E-state index is -3.00. The third kappa shape index (κ3) is 2.73. The highest BCUT2D eigenvalue weighted by atomic mass is 19.3. The Labute approximate surface area is 87.5 Å². The van der Waals surface area contributed by atoms with Crippen molar-refractivity contribution in [3.05, 3.63) is 35.9 Å². The van der Waals surface area contributed by atoms with Crippen molar-refractivity contribution in [3.63, 3.8) is 0 Å². The Hall–Kier alpha value is -1.00. The first-order chi connectivity index (χ1) is 6.97. The number of hydrogen-bond donors (Lipinski definition) is 1. The number of rotatable bonds is 4. The second-order valence-corrected chi connectivity index (χ2v) is 3.60. The first-order valence-electron chi connectivity index (χ1n) is 4.70. The van der Waals surface area contributed by atoms with Crippen LogP contribution in [-0.4, -0.2) is 11.7 Å². The zero-order valence-electron chi connectivity index (χ0n) is 8.65. The molecule has 0 aliphatic heterocycles. The molecular weight excluding hydrogens is 202 g/mol. The van der Waals surface area contributed by atoms with Crippen molar-refractivity contribution in [1.29, 1.82) is 0 Å². The maximum atomic E-state index is 12.2. The minimum Gasteiger partial charge on any atom is -0.361 e. The quantitative estimate of drug-likeness (QED) is 0.784. The van der Waals surface area contributed by atoms with Gasteiger partial charge in [0.25, 0.3) is 0 Å². The van der Waals surface area contributed by atoms with Crippen LogP contribution in [0.15, 0.2) is 30.3 Å². The van der Waals surface area contributed by atoms with Crippen LogP contribution in [0.25, 0.3) is 0 Å². The average Bonchev–Trinajstić information content (AvgIpc) is 2.17. The monoisotopic (exact) mass is 216 g/mol. The number of aliphatic hydroxyl groups is 1. The van der Waals surface area contributed by atoms with Crippen LogP contribution in [0.2, 0.25) is 0 Å². The highest BCUT2D eigenvalue weighted by Crippen LogP contribution is 2.32.